The molecule has 2 aromatic rings. The molecule has 2 aromatic heterocycles. The summed E-state index contributed by atoms with van der Waals surface area (Å²) in [5, 5.41) is 13.0. The lowest BCUT2D eigenvalue weighted by Gasteiger charge is -2.35. The molecule has 0 radical (unpaired) electrons. The predicted molar refractivity (Wildman–Crippen MR) is 111 cm³/mol. The van der Waals surface area contributed by atoms with Crippen LogP contribution in [0.4, 0.5) is 0 Å². The van der Waals surface area contributed by atoms with E-state index in [1.165, 1.54) is 0 Å². The topological polar surface area (TPSA) is 101 Å². The van der Waals surface area contributed by atoms with Crippen LogP contribution in [0, 0.1) is 23.7 Å². The van der Waals surface area contributed by atoms with Crippen molar-refractivity contribution in [3.05, 3.63) is 53.0 Å². The first kappa shape index (κ1) is 20.3. The number of carbonyl (C=O) groups excluding carboxylic acids is 2. The number of aryl methyl sites for hydroxylation is 1. The molecular weight excluding hydrogens is 406 g/mol. The number of pyridine rings is 1. The SMILES string of the molecule is CCOC(=O)C(=N)[C@]12C=CC1C(=O)N(C(C)c1cnc(-n3cc(Cl)cn3)c(C)c1)C2. The highest BCUT2D eigenvalue weighted by atomic mass is 35.5. The minimum absolute atomic E-state index is 0.0976. The second-order valence-electron chi connectivity index (χ2n) is 7.63. The standard InChI is InChI=1S/C21H22ClN5O3/c1-4-30-20(29)17(23)21-6-5-16(21)19(28)26(11-21)13(3)14-7-12(2)18(24-8-14)27-10-15(22)9-25-27/h5-10,13,16,23H,4,11H2,1-3H3/t13?,16?,21-/m0/s1. The molecule has 3 heterocycles. The molecule has 30 heavy (non-hydrogen) atoms. The Morgan fingerprint density at radius 3 is 2.80 bits per heavy atom. The second-order valence-corrected chi connectivity index (χ2v) is 8.06. The van der Waals surface area contributed by atoms with Crippen molar-refractivity contribution in [3.8, 4) is 5.82 Å². The number of carbonyl (C=O) groups is 2. The summed E-state index contributed by atoms with van der Waals surface area (Å²) in [4.78, 5) is 31.4. The molecule has 9 heteroatoms. The van der Waals surface area contributed by atoms with Crippen LogP contribution in [0.5, 0.6) is 0 Å². The molecule has 2 aliphatic rings. The number of amides is 1. The van der Waals surface area contributed by atoms with Gasteiger partial charge in [0, 0.05) is 12.7 Å². The number of halogens is 1. The van der Waals surface area contributed by atoms with Gasteiger partial charge in [-0.3, -0.25) is 10.2 Å². The van der Waals surface area contributed by atoms with Gasteiger partial charge in [-0.15, -0.1) is 0 Å². The third kappa shape index (κ3) is 3.02. The van der Waals surface area contributed by atoms with Crippen LogP contribution in [-0.2, 0) is 14.3 Å². The number of ether oxygens (including phenoxy) is 1. The van der Waals surface area contributed by atoms with Gasteiger partial charge < -0.3 is 9.64 Å². The van der Waals surface area contributed by atoms with Gasteiger partial charge in [-0.25, -0.2) is 14.5 Å². The van der Waals surface area contributed by atoms with Crippen molar-refractivity contribution >= 4 is 29.2 Å². The zero-order valence-electron chi connectivity index (χ0n) is 16.9. The Balaban J connectivity index is 1.58. The molecule has 0 spiro atoms. The largest absolute Gasteiger partial charge is 0.461 e. The van der Waals surface area contributed by atoms with Gasteiger partial charge in [-0.1, -0.05) is 23.8 Å². The normalized spacial score (nSPS) is 23.1. The number of nitrogens with zero attached hydrogens (tertiary/aromatic N) is 4. The molecule has 1 aliphatic carbocycles. The lowest BCUT2D eigenvalue weighted by Crippen LogP contribution is -2.46. The van der Waals surface area contributed by atoms with Gasteiger partial charge in [0.05, 0.1) is 41.4 Å². The lowest BCUT2D eigenvalue weighted by atomic mass is 9.66. The van der Waals surface area contributed by atoms with Crippen molar-refractivity contribution < 1.29 is 14.3 Å². The minimum Gasteiger partial charge on any atom is -0.461 e. The van der Waals surface area contributed by atoms with E-state index in [0.29, 0.717) is 10.8 Å². The molecule has 0 bridgehead atoms. The van der Waals surface area contributed by atoms with Crippen LogP contribution in [0.1, 0.15) is 31.0 Å². The van der Waals surface area contributed by atoms with Crippen LogP contribution in [0.15, 0.2) is 36.8 Å². The maximum absolute atomic E-state index is 13.0. The van der Waals surface area contributed by atoms with Crippen molar-refractivity contribution in [2.24, 2.45) is 11.3 Å². The molecule has 156 valence electrons. The molecule has 8 nitrogen and oxygen atoms in total. The van der Waals surface area contributed by atoms with Gasteiger partial charge in [0.1, 0.15) is 5.71 Å². The van der Waals surface area contributed by atoms with Gasteiger partial charge in [-0.05, 0) is 38.0 Å². The molecule has 1 fully saturated rings. The lowest BCUT2D eigenvalue weighted by molar-refractivity contribution is -0.135. The Labute approximate surface area is 179 Å². The van der Waals surface area contributed by atoms with Crippen molar-refractivity contribution in [1.82, 2.24) is 19.7 Å². The monoisotopic (exact) mass is 427 g/mol. The summed E-state index contributed by atoms with van der Waals surface area (Å²) in [5.41, 5.74) is 0.675. The molecule has 0 aromatic carbocycles. The quantitative estimate of drug-likeness (QED) is 0.434. The van der Waals surface area contributed by atoms with Crippen LogP contribution in [-0.4, -0.2) is 50.4 Å². The maximum atomic E-state index is 13.0. The number of rotatable bonds is 6. The number of hydrogen-bond acceptors (Lipinski definition) is 6. The Morgan fingerprint density at radius 2 is 2.23 bits per heavy atom. The molecule has 1 aliphatic heterocycles. The molecule has 3 atom stereocenters. The van der Waals surface area contributed by atoms with E-state index in [4.69, 9.17) is 21.7 Å². The highest BCUT2D eigenvalue weighted by Gasteiger charge is 2.59. The van der Waals surface area contributed by atoms with E-state index < -0.39 is 17.3 Å². The maximum Gasteiger partial charge on any atom is 0.352 e. The van der Waals surface area contributed by atoms with E-state index in [1.54, 1.807) is 47.2 Å². The van der Waals surface area contributed by atoms with Gasteiger partial charge in [0.15, 0.2) is 5.82 Å². The second kappa shape index (κ2) is 7.36. The molecule has 1 N–H and O–H groups in total. The molecule has 0 saturated carbocycles. The molecule has 1 saturated heterocycles. The summed E-state index contributed by atoms with van der Waals surface area (Å²) in [5.74, 6) is -0.613. The van der Waals surface area contributed by atoms with E-state index in [1.807, 2.05) is 19.9 Å². The number of esters is 1. The summed E-state index contributed by atoms with van der Waals surface area (Å²) < 4.78 is 6.60. The van der Waals surface area contributed by atoms with Gasteiger partial charge in [0.2, 0.25) is 5.91 Å². The van der Waals surface area contributed by atoms with Crippen molar-refractivity contribution in [2.75, 3.05) is 13.2 Å². The van der Waals surface area contributed by atoms with Crippen LogP contribution >= 0.6 is 11.6 Å². The molecular formula is C21H22ClN5O3. The third-order valence-electron chi connectivity index (χ3n) is 5.86. The first-order valence-corrected chi connectivity index (χ1v) is 10.1. The van der Waals surface area contributed by atoms with E-state index in [0.717, 1.165) is 11.1 Å². The average molecular weight is 428 g/mol. The highest BCUT2D eigenvalue weighted by molar-refractivity contribution is 6.39. The van der Waals surface area contributed by atoms with Crippen LogP contribution in [0.3, 0.4) is 0 Å². The van der Waals surface area contributed by atoms with Gasteiger partial charge >= 0.3 is 5.97 Å². The van der Waals surface area contributed by atoms with E-state index in [9.17, 15) is 9.59 Å². The number of likely N-dealkylation sites (tertiary alicyclic amines) is 1. The molecule has 1 amide bonds. The highest BCUT2D eigenvalue weighted by Crippen LogP contribution is 2.49. The smallest absolute Gasteiger partial charge is 0.352 e. The Morgan fingerprint density at radius 1 is 1.47 bits per heavy atom. The Kier molecular flexibility index (Phi) is 4.97. The van der Waals surface area contributed by atoms with Crippen LogP contribution in [0.25, 0.3) is 5.82 Å². The fourth-order valence-corrected chi connectivity index (χ4v) is 4.25. The Hall–Kier alpha value is -3.00. The summed E-state index contributed by atoms with van der Waals surface area (Å²) in [7, 11) is 0. The van der Waals surface area contributed by atoms with E-state index in [2.05, 4.69) is 10.1 Å². The fraction of sp³-hybridized carbons (Fsp3) is 0.381. The van der Waals surface area contributed by atoms with Gasteiger partial charge in [0.25, 0.3) is 0 Å². The fourth-order valence-electron chi connectivity index (χ4n) is 4.11. The summed E-state index contributed by atoms with van der Waals surface area (Å²) in [6.45, 7) is 6.00. The zero-order valence-corrected chi connectivity index (χ0v) is 17.7. The minimum atomic E-state index is -0.911. The number of fused-ring (bicyclic) bond motifs is 1. The predicted octanol–water partition coefficient (Wildman–Crippen LogP) is 2.89. The van der Waals surface area contributed by atoms with Crippen LogP contribution < -0.4 is 0 Å². The van der Waals surface area contributed by atoms with Gasteiger partial charge in [-0.2, -0.15) is 5.10 Å². The zero-order chi connectivity index (χ0) is 21.6. The third-order valence-corrected chi connectivity index (χ3v) is 6.05. The number of aromatic nitrogens is 3. The van der Waals surface area contributed by atoms with E-state index in [-0.39, 0.29) is 30.8 Å². The molecule has 4 rings (SSSR count). The van der Waals surface area contributed by atoms with Crippen LogP contribution in [0.2, 0.25) is 5.02 Å². The molecule has 2 unspecified atom stereocenters. The Bertz CT molecular complexity index is 1080. The summed E-state index contributed by atoms with van der Waals surface area (Å²) >= 11 is 5.95. The van der Waals surface area contributed by atoms with Crippen molar-refractivity contribution in [1.29, 1.82) is 5.41 Å². The summed E-state index contributed by atoms with van der Waals surface area (Å²) in [6, 6.07) is 1.70. The van der Waals surface area contributed by atoms with E-state index >= 15 is 0 Å². The summed E-state index contributed by atoms with van der Waals surface area (Å²) in [6.07, 6.45) is 8.47. The number of hydrogen-bond donors (Lipinski definition) is 1. The van der Waals surface area contributed by atoms with Crippen molar-refractivity contribution in [2.45, 2.75) is 26.8 Å². The average Bonchev–Trinajstić information content (AvgIpc) is 3.20. The first-order chi connectivity index (χ1) is 14.3. The first-order valence-electron chi connectivity index (χ1n) is 9.71. The number of nitrogens with one attached hydrogen (secondary N) is 1. The van der Waals surface area contributed by atoms with Crippen molar-refractivity contribution in [3.63, 3.8) is 0 Å².